The highest BCUT2D eigenvalue weighted by atomic mass is 35.5. The van der Waals surface area contributed by atoms with E-state index >= 15 is 0 Å². The lowest BCUT2D eigenvalue weighted by atomic mass is 9.97. The SMILES string of the molecule is C/C(=C\n1c2c(c3cc(C)ccc31)C1CCC(C2)N1C)c1ccc(Cl)cc1. The van der Waals surface area contributed by atoms with Gasteiger partial charge in [-0.25, -0.2) is 0 Å². The van der Waals surface area contributed by atoms with Crippen molar-refractivity contribution in [3.05, 3.63) is 69.9 Å². The highest BCUT2D eigenvalue weighted by Crippen LogP contribution is 2.47. The summed E-state index contributed by atoms with van der Waals surface area (Å²) in [7, 11) is 2.30. The van der Waals surface area contributed by atoms with Crippen LogP contribution in [0.4, 0.5) is 0 Å². The molecule has 2 atom stereocenters. The zero-order chi connectivity index (χ0) is 18.7. The van der Waals surface area contributed by atoms with Gasteiger partial charge in [-0.05, 0) is 74.7 Å². The molecule has 1 fully saturated rings. The molecule has 0 aliphatic carbocycles. The van der Waals surface area contributed by atoms with Crippen LogP contribution in [0.1, 0.15) is 48.2 Å². The lowest BCUT2D eigenvalue weighted by molar-refractivity contribution is 0.223. The third kappa shape index (κ3) is 2.66. The molecule has 3 aromatic rings. The average molecular weight is 377 g/mol. The summed E-state index contributed by atoms with van der Waals surface area (Å²) in [5, 5.41) is 2.22. The Hall–Kier alpha value is -2.03. The molecule has 2 nitrogen and oxygen atoms in total. The van der Waals surface area contributed by atoms with E-state index in [1.54, 1.807) is 5.56 Å². The maximum absolute atomic E-state index is 6.07. The molecular weight excluding hydrogens is 352 g/mol. The van der Waals surface area contributed by atoms with E-state index in [1.807, 2.05) is 12.1 Å². The molecule has 0 saturated carbocycles. The molecule has 0 N–H and O–H groups in total. The van der Waals surface area contributed by atoms with Crippen LogP contribution in [0.3, 0.4) is 0 Å². The molecule has 3 heterocycles. The maximum atomic E-state index is 6.07. The smallest absolute Gasteiger partial charge is 0.0529 e. The predicted molar refractivity (Wildman–Crippen MR) is 115 cm³/mol. The minimum Gasteiger partial charge on any atom is -0.320 e. The fourth-order valence-corrected chi connectivity index (χ4v) is 5.17. The minimum atomic E-state index is 0.563. The van der Waals surface area contributed by atoms with E-state index in [2.05, 4.69) is 66.9 Å². The van der Waals surface area contributed by atoms with Gasteiger partial charge in [0.05, 0.1) is 5.52 Å². The molecule has 1 saturated heterocycles. The largest absolute Gasteiger partial charge is 0.320 e. The molecule has 0 radical (unpaired) electrons. The highest BCUT2D eigenvalue weighted by molar-refractivity contribution is 6.30. The molecule has 27 heavy (non-hydrogen) atoms. The van der Waals surface area contributed by atoms with Crippen LogP contribution >= 0.6 is 11.6 Å². The van der Waals surface area contributed by atoms with Crippen molar-refractivity contribution in [2.75, 3.05) is 7.05 Å². The van der Waals surface area contributed by atoms with Gasteiger partial charge in [-0.15, -0.1) is 0 Å². The van der Waals surface area contributed by atoms with Gasteiger partial charge in [0.25, 0.3) is 0 Å². The molecule has 2 aromatic carbocycles. The van der Waals surface area contributed by atoms with Crippen LogP contribution < -0.4 is 0 Å². The third-order valence-corrected chi connectivity index (χ3v) is 6.78. The van der Waals surface area contributed by atoms with Gasteiger partial charge >= 0.3 is 0 Å². The van der Waals surface area contributed by atoms with Crippen LogP contribution in [0.5, 0.6) is 0 Å². The summed E-state index contributed by atoms with van der Waals surface area (Å²) in [5.74, 6) is 0. The van der Waals surface area contributed by atoms with Crippen molar-refractivity contribution in [1.29, 1.82) is 0 Å². The van der Waals surface area contributed by atoms with Gasteiger partial charge in [0.2, 0.25) is 0 Å². The van der Waals surface area contributed by atoms with E-state index in [9.17, 15) is 0 Å². The van der Waals surface area contributed by atoms with E-state index in [4.69, 9.17) is 11.6 Å². The quantitative estimate of drug-likeness (QED) is 0.508. The first-order valence-corrected chi connectivity index (χ1v) is 10.2. The number of nitrogens with zero attached hydrogens (tertiary/aromatic N) is 2. The summed E-state index contributed by atoms with van der Waals surface area (Å²) >= 11 is 6.07. The Balaban J connectivity index is 1.72. The molecule has 2 aliphatic rings. The zero-order valence-corrected chi connectivity index (χ0v) is 16.9. The second kappa shape index (κ2) is 6.25. The van der Waals surface area contributed by atoms with Gasteiger partial charge in [-0.3, -0.25) is 4.90 Å². The van der Waals surface area contributed by atoms with Crippen LogP contribution in [0.15, 0.2) is 42.5 Å². The van der Waals surface area contributed by atoms with E-state index in [0.717, 1.165) is 11.4 Å². The fourth-order valence-electron chi connectivity index (χ4n) is 5.04. The van der Waals surface area contributed by atoms with Gasteiger partial charge < -0.3 is 4.57 Å². The van der Waals surface area contributed by atoms with E-state index in [0.29, 0.717) is 12.1 Å². The van der Waals surface area contributed by atoms with Crippen molar-refractivity contribution in [3.8, 4) is 0 Å². The number of hydrogen-bond acceptors (Lipinski definition) is 1. The Bertz CT molecular complexity index is 1060. The van der Waals surface area contributed by atoms with Crippen molar-refractivity contribution < 1.29 is 0 Å². The average Bonchev–Trinajstić information content (AvgIpc) is 3.06. The Morgan fingerprint density at radius 2 is 1.89 bits per heavy atom. The molecule has 2 aliphatic heterocycles. The molecule has 2 bridgehead atoms. The predicted octanol–water partition coefficient (Wildman–Crippen LogP) is 6.31. The molecular formula is C24H25ClN2. The fraction of sp³-hybridized carbons (Fsp3) is 0.333. The Labute approximate surface area is 166 Å². The number of allylic oxidation sites excluding steroid dienone is 1. The first-order chi connectivity index (χ1) is 13.0. The van der Waals surface area contributed by atoms with Crippen molar-refractivity contribution in [1.82, 2.24) is 9.47 Å². The zero-order valence-electron chi connectivity index (χ0n) is 16.2. The number of aromatic nitrogens is 1. The second-order valence-electron chi connectivity index (χ2n) is 8.19. The van der Waals surface area contributed by atoms with Gasteiger partial charge in [0.1, 0.15) is 0 Å². The van der Waals surface area contributed by atoms with Crippen LogP contribution in [0.25, 0.3) is 22.7 Å². The second-order valence-corrected chi connectivity index (χ2v) is 8.62. The standard InChI is InChI=1S/C24H25ClN2/c1-15-4-10-21-20(12-15)24-22-11-9-19(26(22)3)13-23(24)27(21)14-16(2)17-5-7-18(25)8-6-17/h4-8,10,12,14,19,22H,9,11,13H2,1-3H3/b16-14+. The Morgan fingerprint density at radius 3 is 2.67 bits per heavy atom. The number of benzene rings is 2. The van der Waals surface area contributed by atoms with Crippen molar-refractivity contribution in [3.63, 3.8) is 0 Å². The van der Waals surface area contributed by atoms with Gasteiger partial charge in [0.15, 0.2) is 0 Å². The summed E-state index contributed by atoms with van der Waals surface area (Å²) in [6.07, 6.45) is 6.05. The summed E-state index contributed by atoms with van der Waals surface area (Å²) in [5.41, 5.74) is 8.22. The topological polar surface area (TPSA) is 8.17 Å². The molecule has 3 heteroatoms. The lowest BCUT2D eigenvalue weighted by Gasteiger charge is -2.32. The molecule has 1 aromatic heterocycles. The summed E-state index contributed by atoms with van der Waals surface area (Å²) in [6, 6.07) is 16.3. The summed E-state index contributed by atoms with van der Waals surface area (Å²) in [6.45, 7) is 4.39. The van der Waals surface area contributed by atoms with Gasteiger partial charge in [-0.2, -0.15) is 0 Å². The number of rotatable bonds is 2. The van der Waals surface area contributed by atoms with E-state index in [-0.39, 0.29) is 0 Å². The molecule has 5 rings (SSSR count). The minimum absolute atomic E-state index is 0.563. The van der Waals surface area contributed by atoms with E-state index in [1.165, 1.54) is 46.1 Å². The van der Waals surface area contributed by atoms with Crippen LogP contribution in [-0.4, -0.2) is 22.6 Å². The van der Waals surface area contributed by atoms with Crippen LogP contribution in [0.2, 0.25) is 5.02 Å². The van der Waals surface area contributed by atoms with Crippen molar-refractivity contribution >= 4 is 34.3 Å². The molecule has 138 valence electrons. The monoisotopic (exact) mass is 376 g/mol. The van der Waals surface area contributed by atoms with Crippen LogP contribution in [0, 0.1) is 6.92 Å². The van der Waals surface area contributed by atoms with Crippen molar-refractivity contribution in [2.24, 2.45) is 0 Å². The Morgan fingerprint density at radius 1 is 1.11 bits per heavy atom. The number of fused-ring (bicyclic) bond motifs is 6. The third-order valence-electron chi connectivity index (χ3n) is 6.53. The molecule has 2 unspecified atom stereocenters. The van der Waals surface area contributed by atoms with Gasteiger partial charge in [-0.1, -0.05) is 35.4 Å². The number of likely N-dealkylation sites (N-methyl/N-ethyl adjacent to an activating group) is 1. The first-order valence-electron chi connectivity index (χ1n) is 9.82. The maximum Gasteiger partial charge on any atom is 0.0529 e. The molecule has 0 amide bonds. The highest BCUT2D eigenvalue weighted by Gasteiger charge is 2.40. The number of aryl methyl sites for hydroxylation is 1. The van der Waals surface area contributed by atoms with Crippen LogP contribution in [-0.2, 0) is 6.42 Å². The molecule has 0 spiro atoms. The number of halogens is 1. The van der Waals surface area contributed by atoms with Gasteiger partial charge in [0, 0.05) is 40.8 Å². The van der Waals surface area contributed by atoms with E-state index < -0.39 is 0 Å². The Kier molecular flexibility index (Phi) is 3.96. The first kappa shape index (κ1) is 17.1. The van der Waals surface area contributed by atoms with Crippen molar-refractivity contribution in [2.45, 2.75) is 45.2 Å². The summed E-state index contributed by atoms with van der Waals surface area (Å²) in [4.78, 5) is 2.60. The lowest BCUT2D eigenvalue weighted by Crippen LogP contribution is -2.34. The summed E-state index contributed by atoms with van der Waals surface area (Å²) < 4.78 is 2.46. The normalized spacial score (nSPS) is 22.4. The number of hydrogen-bond donors (Lipinski definition) is 0.